The Morgan fingerprint density at radius 2 is 2.11 bits per heavy atom. The summed E-state index contributed by atoms with van der Waals surface area (Å²) < 4.78 is 5.49. The zero-order valence-corrected chi connectivity index (χ0v) is 12.7. The molecule has 0 bridgehead atoms. The van der Waals surface area contributed by atoms with E-state index in [2.05, 4.69) is 26.1 Å². The van der Waals surface area contributed by atoms with E-state index in [1.165, 1.54) is 0 Å². The molecule has 1 fully saturated rings. The highest BCUT2D eigenvalue weighted by Crippen LogP contribution is 2.28. The lowest BCUT2D eigenvalue weighted by Crippen LogP contribution is -2.44. The minimum absolute atomic E-state index is 0.0828. The maximum Gasteiger partial charge on any atom is 0.223 e. The molecule has 112 valence electrons. The van der Waals surface area contributed by atoms with Crippen LogP contribution in [0.5, 0.6) is 0 Å². The van der Waals surface area contributed by atoms with Crippen molar-refractivity contribution in [1.82, 2.24) is 5.32 Å². The molecule has 4 nitrogen and oxygen atoms in total. The Morgan fingerprint density at radius 3 is 2.79 bits per heavy atom. The third kappa shape index (κ3) is 5.91. The van der Waals surface area contributed by atoms with Gasteiger partial charge in [0, 0.05) is 25.1 Å². The SMILES string of the molecule is CC(C)CCOCCNC(=O)C1CCCC(N)C1C. The minimum Gasteiger partial charge on any atom is -0.380 e. The summed E-state index contributed by atoms with van der Waals surface area (Å²) >= 11 is 0. The molecule has 1 rings (SSSR count). The smallest absolute Gasteiger partial charge is 0.223 e. The normalized spacial score (nSPS) is 27.5. The van der Waals surface area contributed by atoms with Crippen molar-refractivity contribution < 1.29 is 9.53 Å². The van der Waals surface area contributed by atoms with Crippen molar-refractivity contribution >= 4 is 5.91 Å². The predicted octanol–water partition coefficient (Wildman–Crippen LogP) is 1.93. The van der Waals surface area contributed by atoms with Crippen LogP contribution in [0.3, 0.4) is 0 Å². The van der Waals surface area contributed by atoms with Crippen molar-refractivity contribution in [3.8, 4) is 0 Å². The van der Waals surface area contributed by atoms with E-state index in [0.717, 1.165) is 32.3 Å². The van der Waals surface area contributed by atoms with Gasteiger partial charge in [-0.2, -0.15) is 0 Å². The molecule has 1 saturated carbocycles. The molecule has 3 N–H and O–H groups in total. The van der Waals surface area contributed by atoms with E-state index < -0.39 is 0 Å². The molecule has 0 aromatic heterocycles. The second kappa shape index (κ2) is 8.54. The number of nitrogens with two attached hydrogens (primary N) is 1. The lowest BCUT2D eigenvalue weighted by Gasteiger charge is -2.32. The number of ether oxygens (including phenoxy) is 1. The summed E-state index contributed by atoms with van der Waals surface area (Å²) in [6.07, 6.45) is 4.15. The molecule has 4 heteroatoms. The van der Waals surface area contributed by atoms with Crippen LogP contribution in [0.1, 0.15) is 46.5 Å². The monoisotopic (exact) mass is 270 g/mol. The highest BCUT2D eigenvalue weighted by atomic mass is 16.5. The van der Waals surface area contributed by atoms with E-state index in [-0.39, 0.29) is 23.8 Å². The number of amides is 1. The summed E-state index contributed by atoms with van der Waals surface area (Å²) in [5.74, 6) is 1.18. The number of carbonyl (C=O) groups is 1. The first-order chi connectivity index (χ1) is 9.02. The Bertz CT molecular complexity index is 269. The van der Waals surface area contributed by atoms with Crippen molar-refractivity contribution in [2.24, 2.45) is 23.5 Å². The molecule has 0 heterocycles. The van der Waals surface area contributed by atoms with Crippen molar-refractivity contribution in [3.05, 3.63) is 0 Å². The average Bonchev–Trinajstić information content (AvgIpc) is 2.36. The fourth-order valence-electron chi connectivity index (χ4n) is 2.57. The van der Waals surface area contributed by atoms with Crippen LogP contribution in [-0.2, 0) is 9.53 Å². The van der Waals surface area contributed by atoms with Crippen LogP contribution in [0.4, 0.5) is 0 Å². The first kappa shape index (κ1) is 16.4. The van der Waals surface area contributed by atoms with Crippen LogP contribution < -0.4 is 11.1 Å². The van der Waals surface area contributed by atoms with Gasteiger partial charge < -0.3 is 15.8 Å². The molecule has 3 unspecified atom stereocenters. The zero-order chi connectivity index (χ0) is 14.3. The number of carbonyl (C=O) groups excluding carboxylic acids is 1. The summed E-state index contributed by atoms with van der Waals surface area (Å²) in [4.78, 5) is 12.1. The first-order valence-corrected chi connectivity index (χ1v) is 7.63. The van der Waals surface area contributed by atoms with E-state index in [1.807, 2.05) is 0 Å². The highest BCUT2D eigenvalue weighted by molar-refractivity contribution is 5.79. The lowest BCUT2D eigenvalue weighted by atomic mass is 9.77. The van der Waals surface area contributed by atoms with Crippen LogP contribution >= 0.6 is 0 Å². The summed E-state index contributed by atoms with van der Waals surface area (Å²) in [5.41, 5.74) is 6.02. The topological polar surface area (TPSA) is 64.3 Å². The molecule has 0 aliphatic heterocycles. The average molecular weight is 270 g/mol. The van der Waals surface area contributed by atoms with Gasteiger partial charge in [0.2, 0.25) is 5.91 Å². The number of hydrogen-bond acceptors (Lipinski definition) is 3. The molecule has 3 atom stereocenters. The Labute approximate surface area is 117 Å². The Balaban J connectivity index is 2.13. The van der Waals surface area contributed by atoms with Gasteiger partial charge in [0.05, 0.1) is 6.61 Å². The van der Waals surface area contributed by atoms with Gasteiger partial charge >= 0.3 is 0 Å². The van der Waals surface area contributed by atoms with Crippen LogP contribution in [0, 0.1) is 17.8 Å². The van der Waals surface area contributed by atoms with Gasteiger partial charge in [-0.15, -0.1) is 0 Å². The second-order valence-corrected chi connectivity index (χ2v) is 6.15. The van der Waals surface area contributed by atoms with Crippen LogP contribution in [0.25, 0.3) is 0 Å². The fraction of sp³-hybridized carbons (Fsp3) is 0.933. The molecule has 19 heavy (non-hydrogen) atoms. The maximum atomic E-state index is 12.1. The molecule has 1 amide bonds. The van der Waals surface area contributed by atoms with Crippen molar-refractivity contribution in [2.45, 2.75) is 52.5 Å². The summed E-state index contributed by atoms with van der Waals surface area (Å²) in [5, 5.41) is 2.97. The molecule has 0 aromatic rings. The zero-order valence-electron chi connectivity index (χ0n) is 12.7. The van der Waals surface area contributed by atoms with Crippen LogP contribution in [0.2, 0.25) is 0 Å². The van der Waals surface area contributed by atoms with Gasteiger partial charge in [-0.25, -0.2) is 0 Å². The van der Waals surface area contributed by atoms with E-state index >= 15 is 0 Å². The Morgan fingerprint density at radius 1 is 1.37 bits per heavy atom. The van der Waals surface area contributed by atoms with Crippen LogP contribution in [0.15, 0.2) is 0 Å². The largest absolute Gasteiger partial charge is 0.380 e. The van der Waals surface area contributed by atoms with Gasteiger partial charge in [-0.3, -0.25) is 4.79 Å². The molecule has 0 spiro atoms. The Kier molecular flexibility index (Phi) is 7.39. The van der Waals surface area contributed by atoms with Crippen molar-refractivity contribution in [3.63, 3.8) is 0 Å². The standard InChI is InChI=1S/C15H30N2O2/c1-11(2)7-9-19-10-8-17-15(18)13-5-4-6-14(16)12(13)3/h11-14H,4-10,16H2,1-3H3,(H,17,18). The van der Waals surface area contributed by atoms with Crippen LogP contribution in [-0.4, -0.2) is 31.7 Å². The van der Waals surface area contributed by atoms with Gasteiger partial charge in [0.1, 0.15) is 0 Å². The van der Waals surface area contributed by atoms with Crippen molar-refractivity contribution in [2.75, 3.05) is 19.8 Å². The maximum absolute atomic E-state index is 12.1. The second-order valence-electron chi connectivity index (χ2n) is 6.15. The number of rotatable bonds is 7. The number of hydrogen-bond donors (Lipinski definition) is 2. The molecule has 0 radical (unpaired) electrons. The molecule has 1 aliphatic carbocycles. The predicted molar refractivity (Wildman–Crippen MR) is 77.8 cm³/mol. The van der Waals surface area contributed by atoms with Gasteiger partial charge in [-0.1, -0.05) is 27.2 Å². The van der Waals surface area contributed by atoms with E-state index in [1.54, 1.807) is 0 Å². The van der Waals surface area contributed by atoms with Gasteiger partial charge in [0.15, 0.2) is 0 Å². The molecule has 0 saturated heterocycles. The molecule has 1 aliphatic rings. The van der Waals surface area contributed by atoms with E-state index in [9.17, 15) is 4.79 Å². The molecule has 0 aromatic carbocycles. The lowest BCUT2D eigenvalue weighted by molar-refractivity contribution is -0.128. The minimum atomic E-state index is 0.0828. The van der Waals surface area contributed by atoms with Gasteiger partial charge in [0.25, 0.3) is 0 Å². The molecular formula is C15H30N2O2. The fourth-order valence-corrected chi connectivity index (χ4v) is 2.57. The third-order valence-corrected chi connectivity index (χ3v) is 4.08. The Hall–Kier alpha value is -0.610. The third-order valence-electron chi connectivity index (χ3n) is 4.08. The summed E-state index contributed by atoms with van der Waals surface area (Å²) in [7, 11) is 0. The molecular weight excluding hydrogens is 240 g/mol. The highest BCUT2D eigenvalue weighted by Gasteiger charge is 2.32. The summed E-state index contributed by atoms with van der Waals surface area (Å²) in [6, 6.07) is 0.173. The number of nitrogens with one attached hydrogen (secondary N) is 1. The summed E-state index contributed by atoms with van der Waals surface area (Å²) in [6.45, 7) is 8.43. The first-order valence-electron chi connectivity index (χ1n) is 7.63. The quantitative estimate of drug-likeness (QED) is 0.695. The van der Waals surface area contributed by atoms with Gasteiger partial charge in [-0.05, 0) is 31.1 Å². The van der Waals surface area contributed by atoms with Crippen molar-refractivity contribution in [1.29, 1.82) is 0 Å². The van der Waals surface area contributed by atoms with E-state index in [4.69, 9.17) is 10.5 Å². The van der Waals surface area contributed by atoms with E-state index in [0.29, 0.717) is 19.1 Å².